The molecule has 0 aliphatic heterocycles. The number of rotatable bonds is 12. The van der Waals surface area contributed by atoms with Gasteiger partial charge in [0.2, 0.25) is 11.8 Å². The lowest BCUT2D eigenvalue weighted by Crippen LogP contribution is -2.52. The molecule has 0 fully saturated rings. The molecule has 0 aromatic heterocycles. The Labute approximate surface area is 319 Å². The summed E-state index contributed by atoms with van der Waals surface area (Å²) in [7, 11) is 1.28. The Hall–Kier alpha value is -7.00. The molecule has 9 nitrogen and oxygen atoms in total. The highest BCUT2D eigenvalue weighted by molar-refractivity contribution is 6.00. The van der Waals surface area contributed by atoms with Crippen LogP contribution in [0.4, 0.5) is 10.5 Å². The third kappa shape index (κ3) is 7.72. The summed E-state index contributed by atoms with van der Waals surface area (Å²) in [6.45, 7) is 0.0223. The van der Waals surface area contributed by atoms with Crippen molar-refractivity contribution in [3.63, 3.8) is 0 Å². The van der Waals surface area contributed by atoms with Gasteiger partial charge in [0.25, 0.3) is 0 Å². The zero-order chi connectivity index (χ0) is 38.2. The van der Waals surface area contributed by atoms with Gasteiger partial charge in [-0.1, -0.05) is 140 Å². The fourth-order valence-corrected chi connectivity index (χ4v) is 7.26. The lowest BCUT2D eigenvalue weighted by molar-refractivity contribution is -0.126. The van der Waals surface area contributed by atoms with E-state index in [9.17, 15) is 19.2 Å². The van der Waals surface area contributed by atoms with E-state index in [1.807, 2.05) is 140 Å². The Kier molecular flexibility index (Phi) is 10.8. The van der Waals surface area contributed by atoms with Crippen LogP contribution in [0.15, 0.2) is 164 Å². The van der Waals surface area contributed by atoms with Crippen LogP contribution in [-0.2, 0) is 24.6 Å². The van der Waals surface area contributed by atoms with Crippen LogP contribution in [0.2, 0.25) is 0 Å². The van der Waals surface area contributed by atoms with Crippen molar-refractivity contribution in [2.45, 2.75) is 23.9 Å². The summed E-state index contributed by atoms with van der Waals surface area (Å²) in [6, 6.07) is 49.5. The van der Waals surface area contributed by atoms with E-state index in [0.717, 1.165) is 38.9 Å². The van der Waals surface area contributed by atoms with E-state index in [1.165, 1.54) is 19.2 Å². The van der Waals surface area contributed by atoms with Crippen LogP contribution in [0.1, 0.15) is 50.5 Å². The maximum Gasteiger partial charge on any atom is 0.407 e. The lowest BCUT2D eigenvalue weighted by atomic mass is 9.77. The molecule has 9 heteroatoms. The molecule has 274 valence electrons. The molecule has 6 aromatic rings. The summed E-state index contributed by atoms with van der Waals surface area (Å²) < 4.78 is 10.6. The minimum Gasteiger partial charge on any atom is -0.465 e. The number of hydrogen-bond acceptors (Lipinski definition) is 6. The van der Waals surface area contributed by atoms with Crippen LogP contribution in [0.3, 0.4) is 0 Å². The minimum atomic E-state index is -1.35. The number of anilines is 1. The van der Waals surface area contributed by atoms with Crippen LogP contribution in [-0.4, -0.2) is 43.6 Å². The molecule has 1 aliphatic carbocycles. The maximum absolute atomic E-state index is 14.4. The molecule has 0 heterocycles. The van der Waals surface area contributed by atoms with Gasteiger partial charge in [-0.05, 0) is 63.2 Å². The first-order valence-electron chi connectivity index (χ1n) is 18.0. The normalized spacial score (nSPS) is 12.4. The van der Waals surface area contributed by atoms with Gasteiger partial charge < -0.3 is 25.4 Å². The molecule has 0 unspecified atom stereocenters. The molecular formula is C46H39N3O6. The minimum absolute atomic E-state index is 0.0223. The molecule has 55 heavy (non-hydrogen) atoms. The molecule has 0 bridgehead atoms. The van der Waals surface area contributed by atoms with Crippen LogP contribution in [0.25, 0.3) is 11.1 Å². The topological polar surface area (TPSA) is 123 Å². The monoisotopic (exact) mass is 729 g/mol. The Balaban J connectivity index is 1.16. The summed E-state index contributed by atoms with van der Waals surface area (Å²) in [5.41, 5.74) is 6.16. The van der Waals surface area contributed by atoms with E-state index >= 15 is 0 Å². The highest BCUT2D eigenvalue weighted by Crippen LogP contribution is 2.44. The number of carbonyl (C=O) groups is 4. The van der Waals surface area contributed by atoms with E-state index in [1.54, 1.807) is 12.1 Å². The van der Waals surface area contributed by atoms with Gasteiger partial charge in [-0.2, -0.15) is 0 Å². The number of nitrogens with one attached hydrogen (secondary N) is 3. The second-order valence-electron chi connectivity index (χ2n) is 13.2. The number of carbonyl (C=O) groups excluding carboxylic acids is 4. The SMILES string of the molecule is COC(=O)c1ccc(NC(=O)[C@H](CC(=O)NC(c2ccccc2)(c2ccccc2)c2ccccc2)NC(=O)OCC2c3ccccc3-c3ccccc32)cc1. The number of fused-ring (bicyclic) bond motifs is 3. The lowest BCUT2D eigenvalue weighted by Gasteiger charge is -2.37. The Morgan fingerprint density at radius 3 is 1.58 bits per heavy atom. The van der Waals surface area contributed by atoms with E-state index in [2.05, 4.69) is 16.0 Å². The largest absolute Gasteiger partial charge is 0.465 e. The summed E-state index contributed by atoms with van der Waals surface area (Å²) in [5, 5.41) is 8.72. The Morgan fingerprint density at radius 1 is 0.618 bits per heavy atom. The molecule has 0 saturated heterocycles. The molecule has 3 amide bonds. The maximum atomic E-state index is 14.4. The van der Waals surface area contributed by atoms with Gasteiger partial charge >= 0.3 is 12.1 Å². The summed E-state index contributed by atoms with van der Waals surface area (Å²) in [6.07, 6.45) is -1.28. The number of esters is 1. The Morgan fingerprint density at radius 2 is 1.09 bits per heavy atom. The van der Waals surface area contributed by atoms with Crippen molar-refractivity contribution in [3.8, 4) is 11.1 Å². The standard InChI is InChI=1S/C46H39N3O6/c1-54-44(52)31-25-27-35(28-26-31)47-43(51)41(48-45(53)55-30-40-38-23-13-11-21-36(38)37-22-12-14-24-39(37)40)29-42(50)49-46(32-15-5-2-6-16-32,33-17-7-3-8-18-33)34-19-9-4-10-20-34/h2-28,40-41H,29-30H2,1H3,(H,47,51)(H,48,53)(H,49,50)/t41-/m0/s1. The molecular weight excluding hydrogens is 691 g/mol. The smallest absolute Gasteiger partial charge is 0.407 e. The van der Waals surface area contributed by atoms with Crippen molar-refractivity contribution in [3.05, 3.63) is 197 Å². The fourth-order valence-electron chi connectivity index (χ4n) is 7.26. The first kappa shape index (κ1) is 36.4. The van der Waals surface area contributed by atoms with Crippen molar-refractivity contribution in [1.29, 1.82) is 0 Å². The highest BCUT2D eigenvalue weighted by Gasteiger charge is 2.39. The van der Waals surface area contributed by atoms with Crippen LogP contribution >= 0.6 is 0 Å². The van der Waals surface area contributed by atoms with Crippen LogP contribution in [0, 0.1) is 0 Å². The number of ether oxygens (including phenoxy) is 2. The van der Waals surface area contributed by atoms with Gasteiger partial charge in [0.1, 0.15) is 18.2 Å². The fraction of sp³-hybridized carbons (Fsp3) is 0.130. The van der Waals surface area contributed by atoms with E-state index < -0.39 is 41.9 Å². The van der Waals surface area contributed by atoms with Crippen molar-refractivity contribution >= 4 is 29.6 Å². The van der Waals surface area contributed by atoms with E-state index in [0.29, 0.717) is 11.3 Å². The van der Waals surface area contributed by atoms with Crippen molar-refractivity contribution < 1.29 is 28.7 Å². The van der Waals surface area contributed by atoms with Crippen molar-refractivity contribution in [2.24, 2.45) is 0 Å². The summed E-state index contributed by atoms with van der Waals surface area (Å²) in [4.78, 5) is 53.9. The number of methoxy groups -OCH3 is 1. The molecule has 0 saturated carbocycles. The van der Waals surface area contributed by atoms with Crippen molar-refractivity contribution in [1.82, 2.24) is 10.6 Å². The molecule has 0 spiro atoms. The van der Waals surface area contributed by atoms with Gasteiger partial charge in [-0.25, -0.2) is 9.59 Å². The van der Waals surface area contributed by atoms with Gasteiger partial charge in [0.05, 0.1) is 19.1 Å². The summed E-state index contributed by atoms with van der Waals surface area (Å²) >= 11 is 0. The van der Waals surface area contributed by atoms with Crippen LogP contribution < -0.4 is 16.0 Å². The molecule has 7 rings (SSSR count). The van der Waals surface area contributed by atoms with Gasteiger partial charge in [-0.15, -0.1) is 0 Å². The number of hydrogen-bond donors (Lipinski definition) is 3. The number of benzene rings is 6. The zero-order valence-electron chi connectivity index (χ0n) is 30.1. The first-order chi connectivity index (χ1) is 26.9. The second-order valence-corrected chi connectivity index (χ2v) is 13.2. The predicted molar refractivity (Wildman–Crippen MR) is 210 cm³/mol. The van der Waals surface area contributed by atoms with E-state index in [4.69, 9.17) is 9.47 Å². The highest BCUT2D eigenvalue weighted by atomic mass is 16.5. The van der Waals surface area contributed by atoms with Crippen LogP contribution in [0.5, 0.6) is 0 Å². The van der Waals surface area contributed by atoms with Gasteiger partial charge in [-0.3, -0.25) is 9.59 Å². The summed E-state index contributed by atoms with van der Waals surface area (Å²) in [5.74, 6) is -1.88. The molecule has 1 atom stereocenters. The molecule has 3 N–H and O–H groups in total. The molecule has 0 radical (unpaired) electrons. The van der Waals surface area contributed by atoms with E-state index in [-0.39, 0.29) is 12.5 Å². The Bertz CT molecular complexity index is 2150. The van der Waals surface area contributed by atoms with Crippen molar-refractivity contribution in [2.75, 3.05) is 19.0 Å². The quantitative estimate of drug-likeness (QED) is 0.0873. The zero-order valence-corrected chi connectivity index (χ0v) is 30.1. The average molecular weight is 730 g/mol. The predicted octanol–water partition coefficient (Wildman–Crippen LogP) is 7.82. The first-order valence-corrected chi connectivity index (χ1v) is 18.0. The number of alkyl carbamates (subject to hydrolysis) is 1. The molecule has 1 aliphatic rings. The average Bonchev–Trinajstić information content (AvgIpc) is 3.56. The van der Waals surface area contributed by atoms with Gasteiger partial charge in [0, 0.05) is 11.6 Å². The number of amides is 3. The third-order valence-corrected chi connectivity index (χ3v) is 9.86. The van der Waals surface area contributed by atoms with Gasteiger partial charge in [0.15, 0.2) is 0 Å². The molecule has 6 aromatic carbocycles. The second kappa shape index (κ2) is 16.3. The third-order valence-electron chi connectivity index (χ3n) is 9.86.